The lowest BCUT2D eigenvalue weighted by Crippen LogP contribution is -2.32. The number of nitrogens with zero attached hydrogens (tertiary/aromatic N) is 4. The molecule has 0 bridgehead atoms. The summed E-state index contributed by atoms with van der Waals surface area (Å²) in [6.45, 7) is 9.53. The number of nitrogens with one attached hydrogen (secondary N) is 1. The summed E-state index contributed by atoms with van der Waals surface area (Å²) in [6.07, 6.45) is 1.25. The van der Waals surface area contributed by atoms with Gasteiger partial charge in [-0.15, -0.1) is 0 Å². The van der Waals surface area contributed by atoms with Gasteiger partial charge in [0.2, 0.25) is 11.8 Å². The van der Waals surface area contributed by atoms with Crippen LogP contribution < -0.4 is 9.46 Å². The van der Waals surface area contributed by atoms with Gasteiger partial charge in [-0.2, -0.15) is 13.5 Å². The van der Waals surface area contributed by atoms with Gasteiger partial charge in [0.15, 0.2) is 5.03 Å². The van der Waals surface area contributed by atoms with Crippen LogP contribution in [-0.4, -0.2) is 55.2 Å². The summed E-state index contributed by atoms with van der Waals surface area (Å²) in [5, 5.41) is 4.07. The van der Waals surface area contributed by atoms with E-state index in [2.05, 4.69) is 14.8 Å². The van der Waals surface area contributed by atoms with Crippen molar-refractivity contribution in [3.05, 3.63) is 59.2 Å². The summed E-state index contributed by atoms with van der Waals surface area (Å²) in [5.41, 5.74) is 2.91. The van der Waals surface area contributed by atoms with E-state index in [0.29, 0.717) is 33.8 Å². The number of carbonyl (C=O) groups is 1. The van der Waals surface area contributed by atoms with Gasteiger partial charge in [-0.1, -0.05) is 13.8 Å². The molecule has 1 atom stereocenters. The lowest BCUT2D eigenvalue weighted by Gasteiger charge is -2.22. The van der Waals surface area contributed by atoms with Crippen LogP contribution in [0.25, 0.3) is 11.1 Å². The second-order valence-corrected chi connectivity index (χ2v) is 11.7. The van der Waals surface area contributed by atoms with E-state index in [1.165, 1.54) is 31.5 Å². The predicted octanol–water partition coefficient (Wildman–Crippen LogP) is 4.47. The molecule has 2 aromatic heterocycles. The van der Waals surface area contributed by atoms with Crippen LogP contribution in [0.3, 0.4) is 0 Å². The fourth-order valence-corrected chi connectivity index (χ4v) is 5.17. The highest BCUT2D eigenvalue weighted by atomic mass is 32.2. The van der Waals surface area contributed by atoms with Crippen LogP contribution in [0.4, 0.5) is 4.39 Å². The number of hydrogen-bond acceptors (Lipinski definition) is 7. The third-order valence-corrected chi connectivity index (χ3v) is 7.67. The van der Waals surface area contributed by atoms with Crippen molar-refractivity contribution in [3.63, 3.8) is 0 Å². The van der Waals surface area contributed by atoms with Crippen molar-refractivity contribution >= 4 is 15.9 Å². The molecule has 3 rings (SSSR count). The van der Waals surface area contributed by atoms with E-state index in [9.17, 15) is 17.6 Å². The molecular weight excluding hydrogens is 509 g/mol. The van der Waals surface area contributed by atoms with Crippen molar-refractivity contribution < 1.29 is 22.3 Å². The molecule has 0 aliphatic rings. The highest BCUT2D eigenvalue weighted by Gasteiger charge is 2.27. The van der Waals surface area contributed by atoms with Crippen molar-refractivity contribution in [3.8, 4) is 17.0 Å². The minimum atomic E-state index is -4.26. The number of hydrogen-bond donors (Lipinski definition) is 1. The molecule has 1 N–H and O–H groups in total. The van der Waals surface area contributed by atoms with Crippen molar-refractivity contribution in [1.29, 1.82) is 0 Å². The van der Waals surface area contributed by atoms with Gasteiger partial charge in [-0.3, -0.25) is 9.48 Å². The zero-order chi connectivity index (χ0) is 28.4. The average Bonchev–Trinajstić information content (AvgIpc) is 3.30. The Kier molecular flexibility index (Phi) is 8.94. The molecule has 206 valence electrons. The monoisotopic (exact) mass is 545 g/mol. The molecule has 9 nitrogen and oxygen atoms in total. The maximum absolute atomic E-state index is 14.6. The summed E-state index contributed by atoms with van der Waals surface area (Å²) in [5.74, 6) is -0.996. The summed E-state index contributed by atoms with van der Waals surface area (Å²) < 4.78 is 50.1. The normalized spacial score (nSPS) is 12.8. The topological polar surface area (TPSA) is 106 Å². The number of ether oxygens (including phenoxy) is 1. The second kappa shape index (κ2) is 11.6. The van der Waals surface area contributed by atoms with Gasteiger partial charge >= 0.3 is 0 Å². The minimum Gasteiger partial charge on any atom is -0.481 e. The Labute approximate surface area is 224 Å². The maximum Gasteiger partial charge on any atom is 0.283 e. The number of benzene rings is 1. The van der Waals surface area contributed by atoms with E-state index in [-0.39, 0.29) is 29.4 Å². The molecule has 0 spiro atoms. The van der Waals surface area contributed by atoms with Gasteiger partial charge in [0.25, 0.3) is 10.0 Å². The fourth-order valence-electron chi connectivity index (χ4n) is 4.22. The first-order valence-electron chi connectivity index (χ1n) is 12.4. The molecule has 0 aliphatic heterocycles. The molecule has 3 aromatic rings. The zero-order valence-corrected chi connectivity index (χ0v) is 23.9. The van der Waals surface area contributed by atoms with Crippen LogP contribution in [0.15, 0.2) is 41.6 Å². The van der Waals surface area contributed by atoms with Gasteiger partial charge in [-0.25, -0.2) is 14.1 Å². The summed E-state index contributed by atoms with van der Waals surface area (Å²) >= 11 is 0. The third-order valence-electron chi connectivity index (χ3n) is 6.42. The van der Waals surface area contributed by atoms with Crippen molar-refractivity contribution in [2.24, 2.45) is 0 Å². The summed E-state index contributed by atoms with van der Waals surface area (Å²) in [7, 11) is 1.00. The Morgan fingerprint density at radius 1 is 1.13 bits per heavy atom. The standard InChI is InChI=1S/C27H36FN5O4S/c1-16(2)21-12-20(28)13-22(19-9-10-29-26(11-19)37-8)23(21)14-25(34)31-38(35,36)27-15-24(18(5)32(6)7)33(30-27)17(3)4/h9-13,15-18H,14H2,1-8H3,(H,31,34). The highest BCUT2D eigenvalue weighted by molar-refractivity contribution is 7.90. The first-order chi connectivity index (χ1) is 17.7. The fraction of sp³-hybridized carbons (Fsp3) is 0.444. The van der Waals surface area contributed by atoms with Gasteiger partial charge in [0.1, 0.15) is 5.82 Å². The Morgan fingerprint density at radius 2 is 1.82 bits per heavy atom. The Balaban J connectivity index is 2.00. The van der Waals surface area contributed by atoms with E-state index in [1.807, 2.05) is 53.6 Å². The largest absolute Gasteiger partial charge is 0.481 e. The van der Waals surface area contributed by atoms with E-state index >= 15 is 0 Å². The van der Waals surface area contributed by atoms with Gasteiger partial charge in [0, 0.05) is 30.4 Å². The highest BCUT2D eigenvalue weighted by Crippen LogP contribution is 2.33. The molecule has 1 amide bonds. The van der Waals surface area contributed by atoms with E-state index in [4.69, 9.17) is 4.74 Å². The van der Waals surface area contributed by atoms with E-state index in [1.54, 1.807) is 16.8 Å². The van der Waals surface area contributed by atoms with Crippen LogP contribution in [-0.2, 0) is 21.2 Å². The molecule has 11 heteroatoms. The molecule has 0 saturated carbocycles. The molecule has 0 fully saturated rings. The molecule has 0 aliphatic carbocycles. The first kappa shape index (κ1) is 29.2. The van der Waals surface area contributed by atoms with E-state index in [0.717, 1.165) is 0 Å². The van der Waals surface area contributed by atoms with Gasteiger partial charge in [0.05, 0.1) is 19.2 Å². The van der Waals surface area contributed by atoms with Crippen LogP contribution in [0.5, 0.6) is 5.88 Å². The number of amides is 1. The van der Waals surface area contributed by atoms with Gasteiger partial charge in [-0.05, 0) is 81.2 Å². The van der Waals surface area contributed by atoms with E-state index < -0.39 is 21.7 Å². The number of pyridine rings is 1. The number of carbonyl (C=O) groups excluding carboxylic acids is 1. The summed E-state index contributed by atoms with van der Waals surface area (Å²) in [4.78, 5) is 19.2. The van der Waals surface area contributed by atoms with Gasteiger partial charge < -0.3 is 9.64 Å². The molecule has 1 aromatic carbocycles. The zero-order valence-electron chi connectivity index (χ0n) is 23.1. The van der Waals surface area contributed by atoms with Crippen molar-refractivity contribution in [1.82, 2.24) is 24.4 Å². The molecular formula is C27H36FN5O4S. The smallest absolute Gasteiger partial charge is 0.283 e. The van der Waals surface area contributed by atoms with Crippen LogP contribution in [0.2, 0.25) is 0 Å². The molecule has 1 unspecified atom stereocenters. The Hall–Kier alpha value is -3.31. The number of sulfonamides is 1. The Bertz CT molecular complexity index is 1420. The number of rotatable bonds is 10. The molecule has 2 heterocycles. The SMILES string of the molecule is COc1cc(-c2cc(F)cc(C(C)C)c2CC(=O)NS(=O)(=O)c2cc(C(C)N(C)C)n(C(C)C)n2)ccn1. The average molecular weight is 546 g/mol. The molecule has 0 saturated heterocycles. The summed E-state index contributed by atoms with van der Waals surface area (Å²) in [6, 6.07) is 7.35. The lowest BCUT2D eigenvalue weighted by atomic mass is 9.88. The van der Waals surface area contributed by atoms with Crippen LogP contribution in [0, 0.1) is 5.82 Å². The molecule has 38 heavy (non-hydrogen) atoms. The van der Waals surface area contributed by atoms with Crippen LogP contribution in [0.1, 0.15) is 69.4 Å². The number of methoxy groups -OCH3 is 1. The third kappa shape index (κ3) is 6.39. The maximum atomic E-state index is 14.6. The minimum absolute atomic E-state index is 0.0835. The van der Waals surface area contributed by atoms with Crippen LogP contribution >= 0.6 is 0 Å². The predicted molar refractivity (Wildman–Crippen MR) is 144 cm³/mol. The quantitative estimate of drug-likeness (QED) is 0.401. The van der Waals surface area contributed by atoms with Crippen molar-refractivity contribution in [2.45, 2.75) is 64.1 Å². The first-order valence-corrected chi connectivity index (χ1v) is 13.9. The number of halogens is 1. The van der Waals surface area contributed by atoms with Crippen molar-refractivity contribution in [2.75, 3.05) is 21.2 Å². The number of aromatic nitrogens is 3. The second-order valence-electron chi connectivity index (χ2n) is 10.1. The Morgan fingerprint density at radius 3 is 2.39 bits per heavy atom. The lowest BCUT2D eigenvalue weighted by molar-refractivity contribution is -0.118. The molecule has 0 radical (unpaired) electrons.